The number of benzene rings is 1. The minimum absolute atomic E-state index is 0.108. The third kappa shape index (κ3) is 4.09. The van der Waals surface area contributed by atoms with Gasteiger partial charge in [-0.05, 0) is 59.0 Å². The Balaban J connectivity index is 2.14. The Hall–Kier alpha value is -1.31. The number of hydrogen-bond acceptors (Lipinski definition) is 2. The number of carbonyl (C=O) groups excluding carboxylic acids is 1. The monoisotopic (exact) mass is 402 g/mol. The van der Waals surface area contributed by atoms with E-state index in [1.54, 1.807) is 23.1 Å². The van der Waals surface area contributed by atoms with Gasteiger partial charge in [0.25, 0.3) is 0 Å². The van der Waals surface area contributed by atoms with Crippen molar-refractivity contribution in [2.45, 2.75) is 26.7 Å². The molecule has 114 valence electrons. The number of carboxylic acids is 1. The smallest absolute Gasteiger partial charge is 0.337 e. The van der Waals surface area contributed by atoms with Crippen LogP contribution in [-0.2, 0) is 0 Å². The maximum Gasteiger partial charge on any atom is 0.337 e. The lowest BCUT2D eigenvalue weighted by Gasteiger charge is -2.38. The van der Waals surface area contributed by atoms with Gasteiger partial charge < -0.3 is 15.3 Å². The van der Waals surface area contributed by atoms with Crippen LogP contribution in [0.1, 0.15) is 37.0 Å². The van der Waals surface area contributed by atoms with Crippen LogP contribution in [0.3, 0.4) is 0 Å². The highest BCUT2D eigenvalue weighted by Crippen LogP contribution is 2.29. The van der Waals surface area contributed by atoms with Gasteiger partial charge in [0.1, 0.15) is 0 Å². The number of rotatable bonds is 2. The lowest BCUT2D eigenvalue weighted by Crippen LogP contribution is -2.45. The van der Waals surface area contributed by atoms with E-state index in [-0.39, 0.29) is 17.0 Å². The van der Waals surface area contributed by atoms with Crippen LogP contribution in [-0.4, -0.2) is 35.1 Å². The standard InChI is InChI=1S/C15H19IN2O3/c1-15(2)6-3-7-18(9-15)14(21)17-12-5-4-10(16)8-11(12)13(19)20/h4-5,8H,3,6-7,9H2,1-2H3,(H,17,21)(H,19,20). The molecular formula is C15H19IN2O3. The first kappa shape index (κ1) is 16.1. The van der Waals surface area contributed by atoms with Gasteiger partial charge in [-0.15, -0.1) is 0 Å². The van der Waals surface area contributed by atoms with Crippen molar-refractivity contribution in [3.63, 3.8) is 0 Å². The summed E-state index contributed by atoms with van der Waals surface area (Å²) in [5.74, 6) is -1.04. The van der Waals surface area contributed by atoms with Crippen molar-refractivity contribution in [2.75, 3.05) is 18.4 Å². The Bertz CT molecular complexity index is 572. The molecule has 2 rings (SSSR count). The van der Waals surface area contributed by atoms with Gasteiger partial charge in [-0.1, -0.05) is 13.8 Å². The molecule has 0 atom stereocenters. The normalized spacial score (nSPS) is 17.4. The second kappa shape index (κ2) is 6.21. The van der Waals surface area contributed by atoms with Crippen LogP contribution < -0.4 is 5.32 Å². The molecule has 1 saturated heterocycles. The molecule has 2 N–H and O–H groups in total. The van der Waals surface area contributed by atoms with Crippen LogP contribution in [0.4, 0.5) is 10.5 Å². The van der Waals surface area contributed by atoms with Gasteiger partial charge in [0.2, 0.25) is 0 Å². The number of nitrogens with zero attached hydrogens (tertiary/aromatic N) is 1. The molecule has 0 unspecified atom stereocenters. The van der Waals surface area contributed by atoms with Crippen LogP contribution in [0.5, 0.6) is 0 Å². The number of hydrogen-bond donors (Lipinski definition) is 2. The van der Waals surface area contributed by atoms with Crippen molar-refractivity contribution in [3.05, 3.63) is 27.3 Å². The molecule has 1 aliphatic heterocycles. The number of anilines is 1. The molecule has 21 heavy (non-hydrogen) atoms. The predicted octanol–water partition coefficient (Wildman–Crippen LogP) is 3.64. The molecule has 1 heterocycles. The summed E-state index contributed by atoms with van der Waals surface area (Å²) in [6, 6.07) is 4.74. The first-order chi connectivity index (χ1) is 9.78. The Kier molecular flexibility index (Phi) is 4.75. The molecule has 0 saturated carbocycles. The summed E-state index contributed by atoms with van der Waals surface area (Å²) < 4.78 is 0.821. The highest BCUT2D eigenvalue weighted by molar-refractivity contribution is 14.1. The van der Waals surface area contributed by atoms with Crippen LogP contribution in [0.2, 0.25) is 0 Å². The molecule has 1 aliphatic rings. The zero-order valence-corrected chi connectivity index (χ0v) is 14.3. The van der Waals surface area contributed by atoms with Crippen molar-refractivity contribution in [3.8, 4) is 0 Å². The van der Waals surface area contributed by atoms with Crippen molar-refractivity contribution >= 4 is 40.3 Å². The first-order valence-electron chi connectivity index (χ1n) is 6.87. The highest BCUT2D eigenvalue weighted by atomic mass is 127. The zero-order valence-electron chi connectivity index (χ0n) is 12.1. The largest absolute Gasteiger partial charge is 0.478 e. The fourth-order valence-corrected chi connectivity index (χ4v) is 3.08. The summed E-state index contributed by atoms with van der Waals surface area (Å²) >= 11 is 2.05. The van der Waals surface area contributed by atoms with Gasteiger partial charge in [0.05, 0.1) is 11.3 Å². The van der Waals surface area contributed by atoms with E-state index in [0.29, 0.717) is 18.8 Å². The van der Waals surface area contributed by atoms with E-state index in [2.05, 4.69) is 41.8 Å². The second-order valence-electron chi connectivity index (χ2n) is 6.11. The number of carbonyl (C=O) groups is 2. The van der Waals surface area contributed by atoms with Crippen molar-refractivity contribution in [1.29, 1.82) is 0 Å². The number of aromatic carboxylic acids is 1. The molecule has 1 fully saturated rings. The number of carboxylic acid groups (broad SMARTS) is 1. The molecule has 2 amide bonds. The maximum absolute atomic E-state index is 12.3. The average Bonchev–Trinajstić information content (AvgIpc) is 2.39. The minimum atomic E-state index is -1.04. The average molecular weight is 402 g/mol. The molecule has 1 aromatic rings. The Morgan fingerprint density at radius 3 is 2.71 bits per heavy atom. The summed E-state index contributed by atoms with van der Waals surface area (Å²) in [6.45, 7) is 5.67. The summed E-state index contributed by atoms with van der Waals surface area (Å²) in [5, 5.41) is 12.0. The molecule has 0 aromatic heterocycles. The fraction of sp³-hybridized carbons (Fsp3) is 0.467. The summed E-state index contributed by atoms with van der Waals surface area (Å²) in [5.41, 5.74) is 0.569. The number of halogens is 1. The highest BCUT2D eigenvalue weighted by Gasteiger charge is 2.29. The van der Waals surface area contributed by atoms with Gasteiger partial charge in [0.15, 0.2) is 0 Å². The van der Waals surface area contributed by atoms with Crippen LogP contribution >= 0.6 is 22.6 Å². The third-order valence-corrected chi connectivity index (χ3v) is 4.31. The molecule has 6 heteroatoms. The molecule has 0 spiro atoms. The van der Waals surface area contributed by atoms with E-state index in [9.17, 15) is 14.7 Å². The van der Waals surface area contributed by atoms with E-state index >= 15 is 0 Å². The van der Waals surface area contributed by atoms with E-state index in [4.69, 9.17) is 0 Å². The third-order valence-electron chi connectivity index (χ3n) is 3.64. The number of nitrogens with one attached hydrogen (secondary N) is 1. The van der Waals surface area contributed by atoms with E-state index < -0.39 is 5.97 Å². The van der Waals surface area contributed by atoms with Crippen molar-refractivity contribution < 1.29 is 14.7 Å². The van der Waals surface area contributed by atoms with Crippen LogP contribution in [0.25, 0.3) is 0 Å². The van der Waals surface area contributed by atoms with Gasteiger partial charge in [-0.3, -0.25) is 0 Å². The molecule has 0 aliphatic carbocycles. The summed E-state index contributed by atoms with van der Waals surface area (Å²) in [7, 11) is 0. The summed E-state index contributed by atoms with van der Waals surface area (Å²) in [6.07, 6.45) is 2.07. The van der Waals surface area contributed by atoms with E-state index in [1.165, 1.54) is 0 Å². The molecule has 0 bridgehead atoms. The van der Waals surface area contributed by atoms with Crippen LogP contribution in [0, 0.1) is 8.99 Å². The number of likely N-dealkylation sites (tertiary alicyclic amines) is 1. The lowest BCUT2D eigenvalue weighted by atomic mass is 9.84. The Morgan fingerprint density at radius 1 is 1.38 bits per heavy atom. The van der Waals surface area contributed by atoms with Crippen LogP contribution in [0.15, 0.2) is 18.2 Å². The predicted molar refractivity (Wildman–Crippen MR) is 89.7 cm³/mol. The Labute approximate surface area is 137 Å². The van der Waals surface area contributed by atoms with E-state index in [1.807, 2.05) is 0 Å². The zero-order chi connectivity index (χ0) is 15.6. The van der Waals surface area contributed by atoms with Gasteiger partial charge in [-0.25, -0.2) is 9.59 Å². The molecule has 0 radical (unpaired) electrons. The molecular weight excluding hydrogens is 383 g/mol. The van der Waals surface area contributed by atoms with E-state index in [0.717, 1.165) is 16.4 Å². The van der Waals surface area contributed by atoms with Crippen molar-refractivity contribution in [1.82, 2.24) is 4.90 Å². The van der Waals surface area contributed by atoms with Gasteiger partial charge >= 0.3 is 12.0 Å². The second-order valence-corrected chi connectivity index (χ2v) is 7.36. The molecule has 1 aromatic carbocycles. The summed E-state index contributed by atoms with van der Waals surface area (Å²) in [4.78, 5) is 25.4. The number of urea groups is 1. The van der Waals surface area contributed by atoms with Crippen molar-refractivity contribution in [2.24, 2.45) is 5.41 Å². The lowest BCUT2D eigenvalue weighted by molar-refractivity contribution is 0.0698. The topological polar surface area (TPSA) is 69.6 Å². The molecule has 5 nitrogen and oxygen atoms in total. The minimum Gasteiger partial charge on any atom is -0.478 e. The maximum atomic E-state index is 12.3. The quantitative estimate of drug-likeness (QED) is 0.743. The van der Waals surface area contributed by atoms with Gasteiger partial charge in [0, 0.05) is 16.7 Å². The van der Waals surface area contributed by atoms with Gasteiger partial charge in [-0.2, -0.15) is 0 Å². The Morgan fingerprint density at radius 2 is 2.10 bits per heavy atom. The first-order valence-corrected chi connectivity index (χ1v) is 7.95. The fourth-order valence-electron chi connectivity index (χ4n) is 2.59. The number of amides is 2. The SMILES string of the molecule is CC1(C)CCCN(C(=O)Nc2ccc(I)cc2C(=O)O)C1. The number of piperidine rings is 1.